The van der Waals surface area contributed by atoms with Crippen molar-refractivity contribution >= 4 is 23.4 Å². The molecule has 0 amide bonds. The van der Waals surface area contributed by atoms with E-state index >= 15 is 0 Å². The maximum atomic E-state index is 5.60. The average molecular weight is 245 g/mol. The molecular weight excluding hydrogens is 228 g/mol. The van der Waals surface area contributed by atoms with E-state index in [1.54, 1.807) is 11.8 Å². The molecule has 0 spiro atoms. The lowest BCUT2D eigenvalue weighted by Crippen LogP contribution is -1.89. The van der Waals surface area contributed by atoms with E-state index in [9.17, 15) is 0 Å². The van der Waals surface area contributed by atoms with Crippen molar-refractivity contribution in [3.63, 3.8) is 0 Å². The smallest absolute Gasteiger partial charge is 0.187 e. The second-order valence-corrected chi connectivity index (χ2v) is 4.93. The number of aromatic nitrogens is 2. The molecule has 0 radical (unpaired) electrons. The molecule has 2 nitrogen and oxygen atoms in total. The van der Waals surface area contributed by atoms with Crippen molar-refractivity contribution in [3.05, 3.63) is 18.0 Å². The zero-order valence-corrected chi connectivity index (χ0v) is 10.7. The Morgan fingerprint density at radius 2 is 1.80 bits per heavy atom. The first-order valence-electron chi connectivity index (χ1n) is 5.30. The van der Waals surface area contributed by atoms with E-state index in [0.717, 1.165) is 28.8 Å². The van der Waals surface area contributed by atoms with Crippen LogP contribution in [0.1, 0.15) is 31.2 Å². The maximum absolute atomic E-state index is 5.60. The van der Waals surface area contributed by atoms with Gasteiger partial charge in [-0.3, -0.25) is 0 Å². The summed E-state index contributed by atoms with van der Waals surface area (Å²) < 4.78 is 0. The van der Waals surface area contributed by atoms with E-state index in [-0.39, 0.29) is 0 Å². The lowest BCUT2D eigenvalue weighted by atomic mass is 10.2. The molecule has 0 fully saturated rings. The Bertz CT molecular complexity index is 264. The van der Waals surface area contributed by atoms with E-state index in [0.29, 0.717) is 0 Å². The molecular formula is C11H17ClN2S. The summed E-state index contributed by atoms with van der Waals surface area (Å²) >= 11 is 7.33. The van der Waals surface area contributed by atoms with Gasteiger partial charge in [-0.15, -0.1) is 11.6 Å². The van der Waals surface area contributed by atoms with Crippen molar-refractivity contribution in [2.75, 3.05) is 11.6 Å². The van der Waals surface area contributed by atoms with E-state index in [2.05, 4.69) is 9.97 Å². The van der Waals surface area contributed by atoms with Crippen LogP contribution in [-0.2, 0) is 0 Å². The molecule has 84 valence electrons. The largest absolute Gasteiger partial charge is 0.231 e. The first-order chi connectivity index (χ1) is 7.33. The standard InChI is InChI=1S/C11H17ClN2S/c1-10-8-13-11(14-9-10)15-7-5-3-2-4-6-12/h8-9H,2-7H2,1H3. The van der Waals surface area contributed by atoms with Crippen molar-refractivity contribution in [2.45, 2.75) is 37.8 Å². The van der Waals surface area contributed by atoms with Gasteiger partial charge < -0.3 is 0 Å². The Morgan fingerprint density at radius 3 is 2.47 bits per heavy atom. The van der Waals surface area contributed by atoms with Gasteiger partial charge in [0.15, 0.2) is 5.16 Å². The Balaban J connectivity index is 2.07. The molecule has 1 aromatic heterocycles. The van der Waals surface area contributed by atoms with Crippen molar-refractivity contribution in [3.8, 4) is 0 Å². The quantitative estimate of drug-likeness (QED) is 0.317. The van der Waals surface area contributed by atoms with Crippen LogP contribution in [0.5, 0.6) is 0 Å². The van der Waals surface area contributed by atoms with Crippen LogP contribution in [0, 0.1) is 6.92 Å². The minimum Gasteiger partial charge on any atom is -0.231 e. The normalized spacial score (nSPS) is 10.5. The zero-order valence-electron chi connectivity index (χ0n) is 9.08. The van der Waals surface area contributed by atoms with Crippen molar-refractivity contribution in [1.82, 2.24) is 9.97 Å². The highest BCUT2D eigenvalue weighted by atomic mass is 35.5. The SMILES string of the molecule is Cc1cnc(SCCCCCCCl)nc1. The number of thioether (sulfide) groups is 1. The summed E-state index contributed by atoms with van der Waals surface area (Å²) in [6.45, 7) is 2.00. The van der Waals surface area contributed by atoms with Gasteiger partial charge in [0, 0.05) is 24.0 Å². The van der Waals surface area contributed by atoms with E-state index in [1.807, 2.05) is 19.3 Å². The summed E-state index contributed by atoms with van der Waals surface area (Å²) in [4.78, 5) is 8.49. The van der Waals surface area contributed by atoms with Crippen LogP contribution < -0.4 is 0 Å². The average Bonchev–Trinajstić information content (AvgIpc) is 2.26. The van der Waals surface area contributed by atoms with Crippen LogP contribution in [0.25, 0.3) is 0 Å². The monoisotopic (exact) mass is 244 g/mol. The second-order valence-electron chi connectivity index (χ2n) is 3.49. The van der Waals surface area contributed by atoms with E-state index < -0.39 is 0 Å². The van der Waals surface area contributed by atoms with E-state index in [1.165, 1.54) is 19.3 Å². The molecule has 4 heteroatoms. The maximum Gasteiger partial charge on any atom is 0.187 e. The highest BCUT2D eigenvalue weighted by Crippen LogP contribution is 2.15. The van der Waals surface area contributed by atoms with Gasteiger partial charge in [0.25, 0.3) is 0 Å². The van der Waals surface area contributed by atoms with Crippen molar-refractivity contribution < 1.29 is 0 Å². The lowest BCUT2D eigenvalue weighted by molar-refractivity contribution is 0.709. The Morgan fingerprint density at radius 1 is 1.13 bits per heavy atom. The minimum absolute atomic E-state index is 0.786. The number of nitrogens with zero attached hydrogens (tertiary/aromatic N) is 2. The van der Waals surface area contributed by atoms with Gasteiger partial charge in [-0.05, 0) is 25.3 Å². The number of aryl methyl sites for hydroxylation is 1. The van der Waals surface area contributed by atoms with Gasteiger partial charge in [-0.1, -0.05) is 24.6 Å². The lowest BCUT2D eigenvalue weighted by Gasteiger charge is -2.00. The third-order valence-electron chi connectivity index (χ3n) is 2.02. The fraction of sp³-hybridized carbons (Fsp3) is 0.636. The molecule has 0 unspecified atom stereocenters. The van der Waals surface area contributed by atoms with Crippen LogP contribution in [0.15, 0.2) is 17.6 Å². The molecule has 0 aromatic carbocycles. The number of halogens is 1. The molecule has 0 aliphatic carbocycles. The van der Waals surface area contributed by atoms with Crippen LogP contribution in [0.3, 0.4) is 0 Å². The van der Waals surface area contributed by atoms with Crippen LogP contribution in [0.4, 0.5) is 0 Å². The Kier molecular flexibility index (Phi) is 6.77. The summed E-state index contributed by atoms with van der Waals surface area (Å²) in [5.41, 5.74) is 1.11. The summed E-state index contributed by atoms with van der Waals surface area (Å²) in [6.07, 6.45) is 8.57. The summed E-state index contributed by atoms with van der Waals surface area (Å²) in [6, 6.07) is 0. The molecule has 0 saturated heterocycles. The van der Waals surface area contributed by atoms with Crippen LogP contribution >= 0.6 is 23.4 Å². The highest BCUT2D eigenvalue weighted by Gasteiger charge is 1.96. The number of unbranched alkanes of at least 4 members (excludes halogenated alkanes) is 3. The molecule has 0 bridgehead atoms. The predicted octanol–water partition coefficient (Wildman–Crippen LogP) is 3.68. The van der Waals surface area contributed by atoms with Crippen LogP contribution in [-0.4, -0.2) is 21.6 Å². The Hall–Kier alpha value is -0.280. The molecule has 0 atom stereocenters. The van der Waals surface area contributed by atoms with Gasteiger partial charge in [-0.2, -0.15) is 0 Å². The summed E-state index contributed by atoms with van der Waals surface area (Å²) in [5.74, 6) is 1.89. The van der Waals surface area contributed by atoms with E-state index in [4.69, 9.17) is 11.6 Å². The molecule has 0 aliphatic heterocycles. The van der Waals surface area contributed by atoms with Crippen molar-refractivity contribution in [1.29, 1.82) is 0 Å². The second kappa shape index (κ2) is 7.94. The fourth-order valence-electron chi connectivity index (χ4n) is 1.17. The Labute approximate surface area is 101 Å². The van der Waals surface area contributed by atoms with Gasteiger partial charge >= 0.3 is 0 Å². The molecule has 0 aliphatic rings. The fourth-order valence-corrected chi connectivity index (χ4v) is 2.14. The summed E-state index contributed by atoms with van der Waals surface area (Å²) in [7, 11) is 0. The molecule has 15 heavy (non-hydrogen) atoms. The minimum atomic E-state index is 0.786. The number of alkyl halides is 1. The van der Waals surface area contributed by atoms with Gasteiger partial charge in [-0.25, -0.2) is 9.97 Å². The van der Waals surface area contributed by atoms with Crippen LogP contribution in [0.2, 0.25) is 0 Å². The number of hydrogen-bond acceptors (Lipinski definition) is 3. The zero-order chi connectivity index (χ0) is 10.9. The van der Waals surface area contributed by atoms with Gasteiger partial charge in [0.1, 0.15) is 0 Å². The topological polar surface area (TPSA) is 25.8 Å². The number of rotatable bonds is 7. The first kappa shape index (κ1) is 12.8. The summed E-state index contributed by atoms with van der Waals surface area (Å²) in [5, 5.41) is 0.887. The van der Waals surface area contributed by atoms with Crippen molar-refractivity contribution in [2.24, 2.45) is 0 Å². The highest BCUT2D eigenvalue weighted by molar-refractivity contribution is 7.99. The number of hydrogen-bond donors (Lipinski definition) is 0. The molecule has 1 rings (SSSR count). The van der Waals surface area contributed by atoms with Gasteiger partial charge in [0.2, 0.25) is 0 Å². The third-order valence-corrected chi connectivity index (χ3v) is 3.25. The predicted molar refractivity (Wildman–Crippen MR) is 66.7 cm³/mol. The van der Waals surface area contributed by atoms with Gasteiger partial charge in [0.05, 0.1) is 0 Å². The molecule has 0 N–H and O–H groups in total. The molecule has 1 heterocycles. The first-order valence-corrected chi connectivity index (χ1v) is 6.82. The molecule has 1 aromatic rings. The molecule has 0 saturated carbocycles. The third kappa shape index (κ3) is 6.00.